The molecule has 2 unspecified atom stereocenters. The van der Waals surface area contributed by atoms with Gasteiger partial charge in [-0.25, -0.2) is 0 Å². The number of hydrogen-bond donors (Lipinski definition) is 1. The molecule has 2 aliphatic rings. The van der Waals surface area contributed by atoms with Crippen LogP contribution in [0.5, 0.6) is 5.75 Å². The minimum absolute atomic E-state index is 0.0403. The van der Waals surface area contributed by atoms with Crippen LogP contribution >= 0.6 is 0 Å². The Balaban J connectivity index is 1.38. The molecule has 0 bridgehead atoms. The summed E-state index contributed by atoms with van der Waals surface area (Å²) in [7, 11) is 0. The van der Waals surface area contributed by atoms with E-state index >= 15 is 0 Å². The van der Waals surface area contributed by atoms with E-state index in [1.807, 2.05) is 29.2 Å². The molecule has 7 heteroatoms. The third-order valence-electron chi connectivity index (χ3n) is 6.18. The van der Waals surface area contributed by atoms with E-state index in [0.29, 0.717) is 42.0 Å². The first-order chi connectivity index (χ1) is 15.9. The number of likely N-dealkylation sites (tertiary alicyclic amines) is 1. The van der Waals surface area contributed by atoms with Crippen molar-refractivity contribution in [2.45, 2.75) is 33.1 Å². The maximum absolute atomic E-state index is 13.2. The lowest BCUT2D eigenvalue weighted by Gasteiger charge is -2.35. The molecule has 0 spiro atoms. The quantitative estimate of drug-likeness (QED) is 0.750. The van der Waals surface area contributed by atoms with Gasteiger partial charge in [-0.1, -0.05) is 38.1 Å². The summed E-state index contributed by atoms with van der Waals surface area (Å²) in [5, 5.41) is 2.85. The molecule has 33 heavy (non-hydrogen) atoms. The van der Waals surface area contributed by atoms with Crippen LogP contribution in [0.15, 0.2) is 48.5 Å². The Morgan fingerprint density at radius 1 is 0.970 bits per heavy atom. The van der Waals surface area contributed by atoms with Crippen molar-refractivity contribution in [2.75, 3.05) is 36.5 Å². The zero-order chi connectivity index (χ0) is 23.4. The van der Waals surface area contributed by atoms with Gasteiger partial charge in [-0.3, -0.25) is 14.4 Å². The standard InChI is InChI=1S/C26H31N3O4/c1-18-15-19(2)17-28(16-18)26(32)20-7-3-4-8-21(20)27-24(30)11-12-25(31)29-13-14-33-23-10-6-5-9-22(23)29/h3-10,18-19H,11-17H2,1-2H3,(H,27,30). The highest BCUT2D eigenvalue weighted by Crippen LogP contribution is 2.31. The SMILES string of the molecule is CC1CC(C)CN(C(=O)c2ccccc2NC(=O)CCC(=O)N2CCOc3ccccc32)C1. The van der Waals surface area contributed by atoms with Crippen LogP contribution in [0.3, 0.4) is 0 Å². The number of hydrogen-bond acceptors (Lipinski definition) is 4. The molecule has 2 heterocycles. The van der Waals surface area contributed by atoms with E-state index in [4.69, 9.17) is 4.74 Å². The van der Waals surface area contributed by atoms with Gasteiger partial charge in [-0.05, 0) is 42.5 Å². The van der Waals surface area contributed by atoms with Gasteiger partial charge in [0.1, 0.15) is 12.4 Å². The van der Waals surface area contributed by atoms with Gasteiger partial charge in [0.2, 0.25) is 11.8 Å². The molecule has 1 N–H and O–H groups in total. The van der Waals surface area contributed by atoms with E-state index in [2.05, 4.69) is 19.2 Å². The molecule has 7 nitrogen and oxygen atoms in total. The summed E-state index contributed by atoms with van der Waals surface area (Å²) in [5.74, 6) is 1.11. The van der Waals surface area contributed by atoms with Gasteiger partial charge in [-0.15, -0.1) is 0 Å². The molecule has 3 amide bonds. The molecule has 2 aliphatic heterocycles. The van der Waals surface area contributed by atoms with Crippen molar-refractivity contribution in [1.82, 2.24) is 4.90 Å². The normalized spacial score (nSPS) is 19.9. The number of nitrogens with one attached hydrogen (secondary N) is 1. The van der Waals surface area contributed by atoms with Crippen molar-refractivity contribution < 1.29 is 19.1 Å². The van der Waals surface area contributed by atoms with Crippen LogP contribution in [-0.2, 0) is 9.59 Å². The first kappa shape index (κ1) is 22.8. The number of ether oxygens (including phenoxy) is 1. The first-order valence-electron chi connectivity index (χ1n) is 11.6. The molecular weight excluding hydrogens is 418 g/mol. The van der Waals surface area contributed by atoms with E-state index in [-0.39, 0.29) is 30.6 Å². The van der Waals surface area contributed by atoms with Crippen molar-refractivity contribution in [3.63, 3.8) is 0 Å². The summed E-state index contributed by atoms with van der Waals surface area (Å²) >= 11 is 0. The number of anilines is 2. The van der Waals surface area contributed by atoms with E-state index in [1.54, 1.807) is 29.2 Å². The van der Waals surface area contributed by atoms with Crippen LogP contribution in [-0.4, -0.2) is 48.9 Å². The van der Waals surface area contributed by atoms with Gasteiger partial charge in [0.25, 0.3) is 5.91 Å². The van der Waals surface area contributed by atoms with Gasteiger partial charge in [-0.2, -0.15) is 0 Å². The minimum atomic E-state index is -0.287. The molecule has 0 aliphatic carbocycles. The summed E-state index contributed by atoms with van der Waals surface area (Å²) in [4.78, 5) is 42.2. The number of amides is 3. The lowest BCUT2D eigenvalue weighted by Crippen LogP contribution is -2.42. The fourth-order valence-corrected chi connectivity index (χ4v) is 4.77. The highest BCUT2D eigenvalue weighted by molar-refractivity contribution is 6.05. The summed E-state index contributed by atoms with van der Waals surface area (Å²) < 4.78 is 5.60. The lowest BCUT2D eigenvalue weighted by atomic mass is 9.91. The fourth-order valence-electron chi connectivity index (χ4n) is 4.77. The Morgan fingerprint density at radius 3 is 2.45 bits per heavy atom. The Hall–Kier alpha value is -3.35. The van der Waals surface area contributed by atoms with Crippen LogP contribution in [0.4, 0.5) is 11.4 Å². The van der Waals surface area contributed by atoms with E-state index in [0.717, 1.165) is 25.2 Å². The lowest BCUT2D eigenvalue weighted by molar-refractivity contribution is -0.122. The third kappa shape index (κ3) is 5.35. The second kappa shape index (κ2) is 10.1. The summed E-state index contributed by atoms with van der Waals surface area (Å²) in [6.45, 7) is 6.66. The predicted octanol–water partition coefficient (Wildman–Crippen LogP) is 3.95. The van der Waals surface area contributed by atoms with Gasteiger partial charge < -0.3 is 19.9 Å². The number of fused-ring (bicyclic) bond motifs is 1. The topological polar surface area (TPSA) is 79.0 Å². The maximum atomic E-state index is 13.2. The summed E-state index contributed by atoms with van der Waals surface area (Å²) in [6, 6.07) is 14.5. The van der Waals surface area contributed by atoms with Crippen molar-refractivity contribution in [1.29, 1.82) is 0 Å². The van der Waals surface area contributed by atoms with Crippen LogP contribution in [0.25, 0.3) is 0 Å². The molecule has 4 rings (SSSR count). The van der Waals surface area contributed by atoms with Gasteiger partial charge >= 0.3 is 0 Å². The Labute approximate surface area is 194 Å². The molecule has 2 aromatic rings. The second-order valence-corrected chi connectivity index (χ2v) is 9.11. The van der Waals surface area contributed by atoms with Crippen LogP contribution < -0.4 is 15.0 Å². The maximum Gasteiger partial charge on any atom is 0.255 e. The Bertz CT molecular complexity index is 1030. The van der Waals surface area contributed by atoms with Gasteiger partial charge in [0, 0.05) is 25.9 Å². The molecular formula is C26H31N3O4. The zero-order valence-corrected chi connectivity index (χ0v) is 19.3. The Kier molecular flexibility index (Phi) is 6.96. The molecule has 174 valence electrons. The monoisotopic (exact) mass is 449 g/mol. The average molecular weight is 450 g/mol. The number of carbonyl (C=O) groups is 3. The van der Waals surface area contributed by atoms with Crippen molar-refractivity contribution in [3.05, 3.63) is 54.1 Å². The molecule has 1 saturated heterocycles. The van der Waals surface area contributed by atoms with E-state index in [1.165, 1.54) is 0 Å². The first-order valence-corrected chi connectivity index (χ1v) is 11.6. The fraction of sp³-hybridized carbons (Fsp3) is 0.423. The van der Waals surface area contributed by atoms with E-state index in [9.17, 15) is 14.4 Å². The van der Waals surface area contributed by atoms with Crippen molar-refractivity contribution in [2.24, 2.45) is 11.8 Å². The average Bonchev–Trinajstić information content (AvgIpc) is 2.81. The number of para-hydroxylation sites is 3. The van der Waals surface area contributed by atoms with Crippen LogP contribution in [0.2, 0.25) is 0 Å². The molecule has 1 fully saturated rings. The number of carbonyl (C=O) groups excluding carboxylic acids is 3. The predicted molar refractivity (Wildman–Crippen MR) is 127 cm³/mol. The molecule has 0 aromatic heterocycles. The number of benzene rings is 2. The van der Waals surface area contributed by atoms with Crippen molar-refractivity contribution in [3.8, 4) is 5.75 Å². The van der Waals surface area contributed by atoms with Gasteiger partial charge in [0.05, 0.1) is 23.5 Å². The third-order valence-corrected chi connectivity index (χ3v) is 6.18. The minimum Gasteiger partial charge on any atom is -0.490 e. The van der Waals surface area contributed by atoms with Crippen molar-refractivity contribution >= 4 is 29.1 Å². The van der Waals surface area contributed by atoms with Crippen LogP contribution in [0.1, 0.15) is 43.5 Å². The summed E-state index contributed by atoms with van der Waals surface area (Å²) in [5.41, 5.74) is 1.71. The molecule has 0 saturated carbocycles. The highest BCUT2D eigenvalue weighted by Gasteiger charge is 2.28. The zero-order valence-electron chi connectivity index (χ0n) is 19.3. The van der Waals surface area contributed by atoms with Gasteiger partial charge in [0.15, 0.2) is 0 Å². The Morgan fingerprint density at radius 2 is 1.67 bits per heavy atom. The van der Waals surface area contributed by atoms with Crippen LogP contribution in [0, 0.1) is 11.8 Å². The van der Waals surface area contributed by atoms with E-state index < -0.39 is 0 Å². The second-order valence-electron chi connectivity index (χ2n) is 9.11. The molecule has 2 aromatic carbocycles. The highest BCUT2D eigenvalue weighted by atomic mass is 16.5. The molecule has 2 atom stereocenters. The largest absolute Gasteiger partial charge is 0.490 e. The number of piperidine rings is 1. The smallest absolute Gasteiger partial charge is 0.255 e. The molecule has 0 radical (unpaired) electrons. The summed E-state index contributed by atoms with van der Waals surface area (Å²) in [6.07, 6.45) is 1.24. The number of nitrogens with zero attached hydrogens (tertiary/aromatic N) is 2. The number of rotatable bonds is 5.